The van der Waals surface area contributed by atoms with E-state index in [4.69, 9.17) is 4.74 Å². The average Bonchev–Trinajstić information content (AvgIpc) is 2.78. The lowest BCUT2D eigenvalue weighted by molar-refractivity contribution is 0.340. The van der Waals surface area contributed by atoms with Crippen LogP contribution >= 0.6 is 0 Å². The molecule has 0 spiro atoms. The smallest absolute Gasteiger partial charge is 0.244 e. The second-order valence-corrected chi connectivity index (χ2v) is 6.37. The van der Waals surface area contributed by atoms with Crippen molar-refractivity contribution in [2.75, 3.05) is 6.61 Å². The van der Waals surface area contributed by atoms with Gasteiger partial charge in [-0.05, 0) is 38.5 Å². The van der Waals surface area contributed by atoms with Crippen molar-refractivity contribution in [1.82, 2.24) is 14.9 Å². The number of aromatic amines is 1. The third-order valence-corrected chi connectivity index (χ3v) is 4.67. The Morgan fingerprint density at radius 3 is 2.71 bits per heavy atom. The Balaban J connectivity index is 2.14. The molecule has 0 aliphatic heterocycles. The van der Waals surface area contributed by atoms with Crippen LogP contribution in [0, 0.1) is 13.8 Å². The van der Waals surface area contributed by atoms with Gasteiger partial charge in [-0.2, -0.15) is 5.10 Å². The predicted octanol–water partition coefficient (Wildman–Crippen LogP) is 1.90. The second-order valence-electron chi connectivity index (χ2n) is 4.67. The summed E-state index contributed by atoms with van der Waals surface area (Å²) in [7, 11) is -3.59. The molecule has 0 amide bonds. The lowest BCUT2D eigenvalue weighted by Crippen LogP contribution is -2.24. The summed E-state index contributed by atoms with van der Waals surface area (Å²) in [4.78, 5) is 0.212. The first kappa shape index (κ1) is 15.5. The monoisotopic (exact) mass is 309 g/mol. The molecule has 1 aromatic carbocycles. The van der Waals surface area contributed by atoms with Crippen molar-refractivity contribution in [2.45, 2.75) is 32.2 Å². The number of nitrogens with zero attached hydrogens (tertiary/aromatic N) is 1. The molecule has 0 saturated heterocycles. The van der Waals surface area contributed by atoms with Crippen molar-refractivity contribution in [3.63, 3.8) is 0 Å². The number of rotatable bonds is 6. The van der Waals surface area contributed by atoms with Gasteiger partial charge in [-0.3, -0.25) is 5.10 Å². The van der Waals surface area contributed by atoms with Gasteiger partial charge in [-0.25, -0.2) is 13.1 Å². The molecule has 0 aliphatic rings. The fourth-order valence-corrected chi connectivity index (χ4v) is 3.48. The van der Waals surface area contributed by atoms with E-state index in [9.17, 15) is 8.42 Å². The Morgan fingerprint density at radius 2 is 2.10 bits per heavy atom. The predicted molar refractivity (Wildman–Crippen MR) is 79.7 cm³/mol. The molecule has 21 heavy (non-hydrogen) atoms. The molecule has 0 saturated carbocycles. The maximum atomic E-state index is 12.3. The lowest BCUT2D eigenvalue weighted by Gasteiger charge is -2.09. The van der Waals surface area contributed by atoms with Crippen molar-refractivity contribution >= 4 is 10.0 Å². The molecule has 114 valence electrons. The van der Waals surface area contributed by atoms with Crippen LogP contribution in [0.4, 0.5) is 0 Å². The van der Waals surface area contributed by atoms with E-state index >= 15 is 0 Å². The molecule has 1 heterocycles. The summed E-state index contributed by atoms with van der Waals surface area (Å²) in [6, 6.07) is 7.34. The maximum absolute atomic E-state index is 12.3. The van der Waals surface area contributed by atoms with Gasteiger partial charge in [0.05, 0.1) is 18.0 Å². The number of hydrogen-bond acceptors (Lipinski definition) is 4. The van der Waals surface area contributed by atoms with Gasteiger partial charge in [0.25, 0.3) is 0 Å². The third kappa shape index (κ3) is 3.62. The van der Waals surface area contributed by atoms with E-state index in [-0.39, 0.29) is 11.4 Å². The number of H-pyrrole nitrogens is 1. The quantitative estimate of drug-likeness (QED) is 0.853. The van der Waals surface area contributed by atoms with Crippen LogP contribution in [0.1, 0.15) is 23.9 Å². The summed E-state index contributed by atoms with van der Waals surface area (Å²) in [6.07, 6.45) is 0. The number of sulfonamides is 1. The minimum absolute atomic E-state index is 0.202. The molecular weight excluding hydrogens is 290 g/mol. The van der Waals surface area contributed by atoms with Crippen LogP contribution in [0.25, 0.3) is 0 Å². The molecule has 2 N–H and O–H groups in total. The van der Waals surface area contributed by atoms with Gasteiger partial charge in [0.1, 0.15) is 10.6 Å². The summed E-state index contributed by atoms with van der Waals surface area (Å²) < 4.78 is 32.6. The van der Waals surface area contributed by atoms with E-state index in [0.717, 1.165) is 11.3 Å². The first-order chi connectivity index (χ1) is 9.94. The van der Waals surface area contributed by atoms with Gasteiger partial charge >= 0.3 is 0 Å². The van der Waals surface area contributed by atoms with Crippen LogP contribution < -0.4 is 9.46 Å². The number of hydrogen-bond donors (Lipinski definition) is 2. The molecule has 0 atom stereocenters. The van der Waals surface area contributed by atoms with E-state index in [1.165, 1.54) is 0 Å². The van der Waals surface area contributed by atoms with Gasteiger partial charge in [0, 0.05) is 6.54 Å². The fourth-order valence-electron chi connectivity index (χ4n) is 2.10. The zero-order valence-corrected chi connectivity index (χ0v) is 13.1. The van der Waals surface area contributed by atoms with E-state index in [0.29, 0.717) is 18.0 Å². The molecule has 0 unspecified atom stereocenters. The largest absolute Gasteiger partial charge is 0.494 e. The molecular formula is C14H19N3O3S. The zero-order valence-electron chi connectivity index (χ0n) is 12.3. The van der Waals surface area contributed by atoms with Crippen molar-refractivity contribution in [1.29, 1.82) is 0 Å². The molecule has 6 nitrogen and oxygen atoms in total. The molecule has 0 radical (unpaired) electrons. The number of ether oxygens (including phenoxy) is 1. The summed E-state index contributed by atoms with van der Waals surface area (Å²) >= 11 is 0. The standard InChI is InChI=1S/C14H19N3O3S/c1-4-20-13-7-5-6-12(8-13)9-15-21(18,19)14-10(2)16-17-11(14)3/h5-8,15H,4,9H2,1-3H3,(H,16,17). The normalized spacial score (nSPS) is 11.6. The summed E-state index contributed by atoms with van der Waals surface area (Å²) in [6.45, 7) is 6.02. The number of aryl methyl sites for hydroxylation is 2. The molecule has 1 aromatic heterocycles. The van der Waals surface area contributed by atoms with Crippen LogP contribution in [-0.4, -0.2) is 25.2 Å². The molecule has 2 aromatic rings. The topological polar surface area (TPSA) is 84.1 Å². The molecule has 2 rings (SSSR count). The summed E-state index contributed by atoms with van der Waals surface area (Å²) in [5.41, 5.74) is 1.83. The Hall–Kier alpha value is -1.86. The molecule has 0 bridgehead atoms. The minimum atomic E-state index is -3.59. The van der Waals surface area contributed by atoms with E-state index in [1.54, 1.807) is 13.8 Å². The lowest BCUT2D eigenvalue weighted by atomic mass is 10.2. The number of nitrogens with one attached hydrogen (secondary N) is 2. The Morgan fingerprint density at radius 1 is 1.33 bits per heavy atom. The van der Waals surface area contributed by atoms with Crippen molar-refractivity contribution in [3.8, 4) is 5.75 Å². The zero-order chi connectivity index (χ0) is 15.5. The Labute approximate surface area is 124 Å². The van der Waals surface area contributed by atoms with E-state index < -0.39 is 10.0 Å². The minimum Gasteiger partial charge on any atom is -0.494 e. The van der Waals surface area contributed by atoms with Gasteiger partial charge in [-0.15, -0.1) is 0 Å². The van der Waals surface area contributed by atoms with Crippen molar-refractivity contribution in [2.24, 2.45) is 0 Å². The maximum Gasteiger partial charge on any atom is 0.244 e. The van der Waals surface area contributed by atoms with Crippen LogP contribution in [0.5, 0.6) is 5.75 Å². The van der Waals surface area contributed by atoms with Gasteiger partial charge < -0.3 is 4.74 Å². The van der Waals surface area contributed by atoms with Gasteiger partial charge in [-0.1, -0.05) is 12.1 Å². The van der Waals surface area contributed by atoms with Crippen molar-refractivity contribution in [3.05, 3.63) is 41.2 Å². The molecule has 0 fully saturated rings. The van der Waals surface area contributed by atoms with Crippen LogP contribution in [0.3, 0.4) is 0 Å². The number of aromatic nitrogens is 2. The SMILES string of the molecule is CCOc1cccc(CNS(=O)(=O)c2c(C)n[nH]c2C)c1. The Bertz CT molecular complexity index is 703. The average molecular weight is 309 g/mol. The van der Waals surface area contributed by atoms with Crippen molar-refractivity contribution < 1.29 is 13.2 Å². The first-order valence-electron chi connectivity index (χ1n) is 6.67. The summed E-state index contributed by atoms with van der Waals surface area (Å²) in [5, 5.41) is 6.59. The van der Waals surface area contributed by atoms with Gasteiger partial charge in [0.2, 0.25) is 10.0 Å². The van der Waals surface area contributed by atoms with Crippen LogP contribution in [-0.2, 0) is 16.6 Å². The van der Waals surface area contributed by atoms with Gasteiger partial charge in [0.15, 0.2) is 0 Å². The highest BCUT2D eigenvalue weighted by Crippen LogP contribution is 2.18. The molecule has 0 aliphatic carbocycles. The third-order valence-electron chi connectivity index (χ3n) is 3.01. The second kappa shape index (κ2) is 6.28. The number of benzene rings is 1. The van der Waals surface area contributed by atoms with Crippen LogP contribution in [0.2, 0.25) is 0 Å². The molecule has 7 heteroatoms. The highest BCUT2D eigenvalue weighted by Gasteiger charge is 2.21. The highest BCUT2D eigenvalue weighted by molar-refractivity contribution is 7.89. The van der Waals surface area contributed by atoms with E-state index in [1.807, 2.05) is 31.2 Å². The van der Waals surface area contributed by atoms with Crippen LogP contribution in [0.15, 0.2) is 29.2 Å². The first-order valence-corrected chi connectivity index (χ1v) is 8.15. The van der Waals surface area contributed by atoms with E-state index in [2.05, 4.69) is 14.9 Å². The Kier molecular flexibility index (Phi) is 4.64. The fraction of sp³-hybridized carbons (Fsp3) is 0.357. The highest BCUT2D eigenvalue weighted by atomic mass is 32.2. The summed E-state index contributed by atoms with van der Waals surface area (Å²) in [5.74, 6) is 0.727.